The van der Waals surface area contributed by atoms with E-state index in [0.717, 1.165) is 19.3 Å². The average Bonchev–Trinajstić information content (AvgIpc) is 3.23. The number of nitrogens with one attached hydrogen (secondary N) is 3. The van der Waals surface area contributed by atoms with E-state index in [0.29, 0.717) is 12.0 Å². The van der Waals surface area contributed by atoms with Crippen molar-refractivity contribution >= 4 is 24.7 Å². The molecule has 0 aliphatic carbocycles. The Kier molecular flexibility index (Phi) is 9.42. The van der Waals surface area contributed by atoms with Crippen molar-refractivity contribution in [3.8, 4) is 11.3 Å². The first kappa shape index (κ1) is 24.8. The Labute approximate surface area is 180 Å². The van der Waals surface area contributed by atoms with Gasteiger partial charge in [0.05, 0.1) is 17.9 Å². The van der Waals surface area contributed by atoms with Crippen LogP contribution in [0.5, 0.6) is 0 Å². The molecule has 0 bridgehead atoms. The van der Waals surface area contributed by atoms with E-state index in [4.69, 9.17) is 9.62 Å². The van der Waals surface area contributed by atoms with Gasteiger partial charge in [0, 0.05) is 12.1 Å². The molecule has 31 heavy (non-hydrogen) atoms. The van der Waals surface area contributed by atoms with Crippen molar-refractivity contribution in [2.75, 3.05) is 13.2 Å². The molecule has 1 aromatic carbocycles. The van der Waals surface area contributed by atoms with Crippen LogP contribution in [0.3, 0.4) is 0 Å². The number of unbranched alkanes of at least 4 members (excludes halogenated alkanes) is 2. The molecule has 2 rings (SSSR count). The minimum absolute atomic E-state index is 0.0117. The van der Waals surface area contributed by atoms with E-state index in [2.05, 4.69) is 17.6 Å². The van der Waals surface area contributed by atoms with Crippen LogP contribution in [0.2, 0.25) is 0 Å². The number of carbonyl (C=O) groups excluding carboxylic acids is 2. The topological polar surface area (TPSA) is 161 Å². The Morgan fingerprint density at radius 2 is 1.90 bits per heavy atom. The molecule has 2 aromatic rings. The summed E-state index contributed by atoms with van der Waals surface area (Å²) >= 11 is 0. The van der Waals surface area contributed by atoms with Crippen molar-refractivity contribution in [3.05, 3.63) is 42.2 Å². The summed E-state index contributed by atoms with van der Waals surface area (Å²) in [7, 11) is -4.41. The first-order valence-electron chi connectivity index (χ1n) is 9.95. The fourth-order valence-electron chi connectivity index (χ4n) is 2.98. The van der Waals surface area contributed by atoms with Gasteiger partial charge in [0.15, 0.2) is 5.76 Å². The van der Waals surface area contributed by atoms with E-state index in [9.17, 15) is 23.9 Å². The summed E-state index contributed by atoms with van der Waals surface area (Å²) in [5.41, 5.74) is 2.44. The predicted molar refractivity (Wildman–Crippen MR) is 114 cm³/mol. The summed E-state index contributed by atoms with van der Waals surface area (Å²) in [5.74, 6) is -0.991. The van der Waals surface area contributed by atoms with Gasteiger partial charge in [-0.2, -0.15) is 0 Å². The lowest BCUT2D eigenvalue weighted by Gasteiger charge is -2.16. The lowest BCUT2D eigenvalue weighted by atomic mass is 10.0. The van der Waals surface area contributed by atoms with E-state index in [1.807, 2.05) is 5.48 Å². The normalized spacial score (nSPS) is 12.4. The molecule has 11 heteroatoms. The van der Waals surface area contributed by atoms with Crippen molar-refractivity contribution in [1.82, 2.24) is 16.1 Å². The summed E-state index contributed by atoms with van der Waals surface area (Å²) in [4.78, 5) is 43.1. The van der Waals surface area contributed by atoms with E-state index in [1.54, 1.807) is 6.07 Å². The first-order valence-corrected chi connectivity index (χ1v) is 11.6. The molecule has 10 nitrogen and oxygen atoms in total. The smallest absolute Gasteiger partial charge is 0.356 e. The number of benzene rings is 1. The van der Waals surface area contributed by atoms with Crippen LogP contribution in [0.15, 0.2) is 40.8 Å². The summed E-state index contributed by atoms with van der Waals surface area (Å²) in [5, 5.41) is 13.9. The van der Waals surface area contributed by atoms with Gasteiger partial charge in [0.2, 0.25) is 5.91 Å². The number of carbonyl (C=O) groups is 2. The van der Waals surface area contributed by atoms with Gasteiger partial charge in [0.25, 0.3) is 5.91 Å². The van der Waals surface area contributed by atoms with Crippen LogP contribution in [0.25, 0.3) is 11.3 Å². The zero-order valence-corrected chi connectivity index (χ0v) is 18.1. The highest BCUT2D eigenvalue weighted by Crippen LogP contribution is 2.34. The van der Waals surface area contributed by atoms with Crippen LogP contribution in [0, 0.1) is 5.92 Å². The first-order chi connectivity index (χ1) is 14.8. The highest BCUT2D eigenvalue weighted by Gasteiger charge is 2.20. The molecule has 0 saturated carbocycles. The number of hydrogen-bond donors (Lipinski definition) is 6. The van der Waals surface area contributed by atoms with Crippen LogP contribution < -0.4 is 21.4 Å². The molecule has 0 aliphatic heterocycles. The Hall–Kier alpha value is -2.49. The Bertz CT molecular complexity index is 925. The molecule has 0 spiro atoms. The average molecular weight is 453 g/mol. The van der Waals surface area contributed by atoms with Crippen molar-refractivity contribution in [1.29, 1.82) is 0 Å². The molecule has 0 fully saturated rings. The SMILES string of the molecule is CCCCCC(CNO)C(=O)NCNC(=O)c1ccc(-c2cccc(P(=O)(O)O)c2)o1. The molecule has 6 N–H and O–H groups in total. The molecular weight excluding hydrogens is 425 g/mol. The number of rotatable bonds is 12. The largest absolute Gasteiger partial charge is 0.451 e. The molecule has 1 unspecified atom stereocenters. The Balaban J connectivity index is 1.92. The molecule has 1 heterocycles. The molecule has 1 atom stereocenters. The van der Waals surface area contributed by atoms with Gasteiger partial charge >= 0.3 is 7.60 Å². The molecule has 1 aromatic heterocycles. The van der Waals surface area contributed by atoms with E-state index < -0.39 is 19.4 Å². The molecule has 0 saturated heterocycles. The maximum atomic E-state index is 12.3. The van der Waals surface area contributed by atoms with E-state index >= 15 is 0 Å². The molecule has 170 valence electrons. The fraction of sp³-hybridized carbons (Fsp3) is 0.400. The van der Waals surface area contributed by atoms with Crippen molar-refractivity contribution in [2.24, 2.45) is 5.92 Å². The number of hydrogen-bond acceptors (Lipinski definition) is 6. The Morgan fingerprint density at radius 1 is 1.13 bits per heavy atom. The Morgan fingerprint density at radius 3 is 2.58 bits per heavy atom. The maximum Gasteiger partial charge on any atom is 0.356 e. The molecular formula is C20H28N3O7P. The van der Waals surface area contributed by atoms with Crippen LogP contribution >= 0.6 is 7.60 Å². The van der Waals surface area contributed by atoms with Gasteiger partial charge in [-0.05, 0) is 30.7 Å². The predicted octanol–water partition coefficient (Wildman–Crippen LogP) is 1.73. The van der Waals surface area contributed by atoms with Crippen LogP contribution in [-0.4, -0.2) is 40.0 Å². The third-order valence-electron chi connectivity index (χ3n) is 4.67. The lowest BCUT2D eigenvalue weighted by Crippen LogP contribution is -2.42. The molecule has 0 aliphatic rings. The van der Waals surface area contributed by atoms with Gasteiger partial charge in [-0.1, -0.05) is 38.3 Å². The zero-order chi connectivity index (χ0) is 22.9. The van der Waals surface area contributed by atoms with Gasteiger partial charge in [-0.15, -0.1) is 0 Å². The monoisotopic (exact) mass is 453 g/mol. The van der Waals surface area contributed by atoms with Gasteiger partial charge in [-0.3, -0.25) is 14.2 Å². The number of amides is 2. The highest BCUT2D eigenvalue weighted by atomic mass is 31.2. The standard InChI is InChI=1S/C20H28N3O7P/c1-2-3-4-6-15(12-23-26)19(24)21-13-22-20(25)18-10-9-17(30-18)14-7-5-8-16(11-14)31(27,28)29/h5,7-11,15,23,26H,2-4,6,12-13H2,1H3,(H,21,24)(H,22,25)(H2,27,28,29). The van der Waals surface area contributed by atoms with E-state index in [-0.39, 0.29) is 35.9 Å². The second kappa shape index (κ2) is 11.8. The summed E-state index contributed by atoms with van der Waals surface area (Å²) < 4.78 is 16.9. The van der Waals surface area contributed by atoms with Gasteiger partial charge in [0.1, 0.15) is 5.76 Å². The molecule has 2 amide bonds. The van der Waals surface area contributed by atoms with Crippen LogP contribution in [-0.2, 0) is 9.36 Å². The molecule has 0 radical (unpaired) electrons. The van der Waals surface area contributed by atoms with Crippen molar-refractivity contribution in [3.63, 3.8) is 0 Å². The number of furan rings is 1. The second-order valence-electron chi connectivity index (χ2n) is 7.04. The second-order valence-corrected chi connectivity index (χ2v) is 8.64. The number of hydroxylamine groups is 1. The van der Waals surface area contributed by atoms with E-state index in [1.165, 1.54) is 30.3 Å². The third kappa shape index (κ3) is 7.61. The quantitative estimate of drug-likeness (QED) is 0.123. The van der Waals surface area contributed by atoms with Crippen molar-refractivity contribution < 1.29 is 33.6 Å². The lowest BCUT2D eigenvalue weighted by molar-refractivity contribution is -0.125. The van der Waals surface area contributed by atoms with Gasteiger partial charge in [-0.25, -0.2) is 5.48 Å². The zero-order valence-electron chi connectivity index (χ0n) is 17.2. The van der Waals surface area contributed by atoms with Crippen molar-refractivity contribution in [2.45, 2.75) is 32.6 Å². The third-order valence-corrected chi connectivity index (χ3v) is 5.62. The minimum Gasteiger partial charge on any atom is -0.451 e. The van der Waals surface area contributed by atoms with Crippen LogP contribution in [0.1, 0.15) is 43.2 Å². The summed E-state index contributed by atoms with van der Waals surface area (Å²) in [6.45, 7) is 2.07. The minimum atomic E-state index is -4.41. The summed E-state index contributed by atoms with van der Waals surface area (Å²) in [6.07, 6.45) is 3.49. The van der Waals surface area contributed by atoms with Gasteiger partial charge < -0.3 is 30.0 Å². The fourth-order valence-corrected chi connectivity index (χ4v) is 3.56. The summed E-state index contributed by atoms with van der Waals surface area (Å²) in [6, 6.07) is 8.65. The maximum absolute atomic E-state index is 12.3. The highest BCUT2D eigenvalue weighted by molar-refractivity contribution is 7.60. The van der Waals surface area contributed by atoms with Crippen LogP contribution in [0.4, 0.5) is 0 Å².